The summed E-state index contributed by atoms with van der Waals surface area (Å²) in [5, 5.41) is 13.0. The van der Waals surface area contributed by atoms with E-state index in [2.05, 4.69) is 15.3 Å². The lowest BCUT2D eigenvalue weighted by Crippen LogP contribution is -2.37. The number of morpholine rings is 1. The van der Waals surface area contributed by atoms with E-state index in [-0.39, 0.29) is 5.76 Å². The maximum absolute atomic E-state index is 11.9. The van der Waals surface area contributed by atoms with E-state index in [0.29, 0.717) is 37.9 Å². The zero-order valence-corrected chi connectivity index (χ0v) is 12.0. The molecule has 0 radical (unpaired) electrons. The Morgan fingerprint density at radius 2 is 1.96 bits per heavy atom. The highest BCUT2D eigenvalue weighted by Crippen LogP contribution is 2.17. The molecule has 0 atom stereocenters. The van der Waals surface area contributed by atoms with Crippen LogP contribution in [-0.4, -0.2) is 47.1 Å². The van der Waals surface area contributed by atoms with E-state index in [4.69, 9.17) is 9.15 Å². The summed E-state index contributed by atoms with van der Waals surface area (Å²) in [7, 11) is 0. The van der Waals surface area contributed by atoms with E-state index in [1.165, 1.54) is 18.5 Å². The van der Waals surface area contributed by atoms with E-state index < -0.39 is 16.7 Å². The van der Waals surface area contributed by atoms with Gasteiger partial charge in [-0.1, -0.05) is 0 Å². The fourth-order valence-corrected chi connectivity index (χ4v) is 2.05. The average Bonchev–Trinajstić information content (AvgIpc) is 3.07. The normalized spacial score (nSPS) is 14.5. The minimum Gasteiger partial charge on any atom is -0.395 e. The topological polar surface area (TPSA) is 124 Å². The first-order chi connectivity index (χ1) is 11.1. The first kappa shape index (κ1) is 14.9. The highest BCUT2D eigenvalue weighted by atomic mass is 16.6. The van der Waals surface area contributed by atoms with Crippen LogP contribution in [0.4, 0.5) is 17.5 Å². The Kier molecular flexibility index (Phi) is 4.15. The van der Waals surface area contributed by atoms with Gasteiger partial charge < -0.3 is 19.4 Å². The molecule has 1 aliphatic heterocycles. The summed E-state index contributed by atoms with van der Waals surface area (Å²) in [6.45, 7) is 2.67. The molecule has 0 unspecified atom stereocenters. The standard InChI is InChI=1S/C13H13N5O5/c19-12(10-1-2-11(23-10)18(20)21)16-9-7-14-13(15-8-9)17-3-5-22-6-4-17/h1-2,7-8H,3-6H2,(H,16,19). The second-order valence-corrected chi connectivity index (χ2v) is 4.72. The van der Waals surface area contributed by atoms with E-state index >= 15 is 0 Å². The lowest BCUT2D eigenvalue weighted by Gasteiger charge is -2.26. The molecule has 3 rings (SSSR count). The summed E-state index contributed by atoms with van der Waals surface area (Å²) in [6.07, 6.45) is 2.93. The minimum atomic E-state index is -0.711. The smallest absolute Gasteiger partial charge is 0.395 e. The molecule has 3 heterocycles. The second-order valence-electron chi connectivity index (χ2n) is 4.72. The molecule has 1 fully saturated rings. The van der Waals surface area contributed by atoms with Crippen LogP contribution in [0.2, 0.25) is 0 Å². The molecule has 0 bridgehead atoms. The Balaban J connectivity index is 1.65. The van der Waals surface area contributed by atoms with Gasteiger partial charge >= 0.3 is 5.88 Å². The largest absolute Gasteiger partial charge is 0.433 e. The Morgan fingerprint density at radius 3 is 2.57 bits per heavy atom. The van der Waals surface area contributed by atoms with E-state index in [1.807, 2.05) is 4.90 Å². The number of hydrogen-bond donors (Lipinski definition) is 1. The third kappa shape index (κ3) is 3.43. The molecule has 1 amide bonds. The molecule has 1 N–H and O–H groups in total. The van der Waals surface area contributed by atoms with Crippen LogP contribution in [0.25, 0.3) is 0 Å². The summed E-state index contributed by atoms with van der Waals surface area (Å²) in [6, 6.07) is 2.35. The van der Waals surface area contributed by atoms with Crippen molar-refractivity contribution in [2.24, 2.45) is 0 Å². The van der Waals surface area contributed by atoms with Gasteiger partial charge in [0.05, 0.1) is 37.4 Å². The van der Waals surface area contributed by atoms with Crippen molar-refractivity contribution in [3.05, 3.63) is 40.4 Å². The Hall–Kier alpha value is -3.01. The van der Waals surface area contributed by atoms with E-state index in [1.54, 1.807) is 0 Å². The predicted octanol–water partition coefficient (Wildman–Crippen LogP) is 1.07. The first-order valence-corrected chi connectivity index (χ1v) is 6.84. The number of anilines is 2. The summed E-state index contributed by atoms with van der Waals surface area (Å²) in [5.74, 6) is -0.705. The number of nitrogens with zero attached hydrogens (tertiary/aromatic N) is 4. The number of hydrogen-bond acceptors (Lipinski definition) is 8. The average molecular weight is 319 g/mol. The van der Waals surface area contributed by atoms with Crippen LogP contribution in [0.3, 0.4) is 0 Å². The highest BCUT2D eigenvalue weighted by molar-refractivity contribution is 6.02. The van der Waals surface area contributed by atoms with Gasteiger partial charge in [0.2, 0.25) is 5.95 Å². The Morgan fingerprint density at radius 1 is 1.26 bits per heavy atom. The van der Waals surface area contributed by atoms with Crippen LogP contribution >= 0.6 is 0 Å². The lowest BCUT2D eigenvalue weighted by molar-refractivity contribution is -0.402. The maximum atomic E-state index is 11.9. The number of nitro groups is 1. The molecular formula is C13H13N5O5. The minimum absolute atomic E-state index is 0.158. The number of carbonyl (C=O) groups excluding carboxylic acids is 1. The van der Waals surface area contributed by atoms with Crippen molar-refractivity contribution in [1.82, 2.24) is 9.97 Å². The Bertz CT molecular complexity index is 708. The lowest BCUT2D eigenvalue weighted by atomic mass is 10.4. The maximum Gasteiger partial charge on any atom is 0.433 e. The summed E-state index contributed by atoms with van der Waals surface area (Å²) < 4.78 is 10.1. The summed E-state index contributed by atoms with van der Waals surface area (Å²) in [4.78, 5) is 32.1. The molecule has 10 heteroatoms. The molecule has 0 aliphatic carbocycles. The van der Waals surface area contributed by atoms with Gasteiger partial charge in [0, 0.05) is 13.1 Å². The predicted molar refractivity (Wildman–Crippen MR) is 78.4 cm³/mol. The summed E-state index contributed by atoms with van der Waals surface area (Å²) >= 11 is 0. The molecule has 10 nitrogen and oxygen atoms in total. The van der Waals surface area contributed by atoms with Crippen LogP contribution < -0.4 is 10.2 Å². The second kappa shape index (κ2) is 6.40. The first-order valence-electron chi connectivity index (χ1n) is 6.84. The van der Waals surface area contributed by atoms with Gasteiger partial charge in [-0.2, -0.15) is 0 Å². The number of carbonyl (C=O) groups is 1. The SMILES string of the molecule is O=C(Nc1cnc(N2CCOCC2)nc1)c1ccc([N+](=O)[O-])o1. The monoisotopic (exact) mass is 319 g/mol. The van der Waals surface area contributed by atoms with Gasteiger partial charge in [0.15, 0.2) is 5.76 Å². The van der Waals surface area contributed by atoms with Crippen LogP contribution in [0.5, 0.6) is 0 Å². The molecule has 23 heavy (non-hydrogen) atoms. The molecule has 0 spiro atoms. The van der Waals surface area contributed by atoms with Crippen LogP contribution in [0.15, 0.2) is 28.9 Å². The van der Waals surface area contributed by atoms with Gasteiger partial charge in [0.1, 0.15) is 4.92 Å². The number of amides is 1. The number of rotatable bonds is 4. The van der Waals surface area contributed by atoms with Gasteiger partial charge in [-0.25, -0.2) is 9.97 Å². The van der Waals surface area contributed by atoms with Crippen LogP contribution in [0.1, 0.15) is 10.6 Å². The molecular weight excluding hydrogens is 306 g/mol. The Labute approximate surface area is 130 Å². The quantitative estimate of drug-likeness (QED) is 0.655. The molecule has 0 aromatic carbocycles. The number of furan rings is 1. The summed E-state index contributed by atoms with van der Waals surface area (Å²) in [5.41, 5.74) is 0.367. The van der Waals surface area contributed by atoms with Crippen molar-refractivity contribution in [3.63, 3.8) is 0 Å². The third-order valence-electron chi connectivity index (χ3n) is 3.19. The zero-order chi connectivity index (χ0) is 16.2. The van der Waals surface area contributed by atoms with Crippen molar-refractivity contribution < 1.29 is 18.9 Å². The van der Waals surface area contributed by atoms with Crippen molar-refractivity contribution >= 4 is 23.4 Å². The fourth-order valence-electron chi connectivity index (χ4n) is 2.05. The van der Waals surface area contributed by atoms with Gasteiger partial charge in [-0.15, -0.1) is 0 Å². The van der Waals surface area contributed by atoms with Crippen LogP contribution in [0, 0.1) is 10.1 Å². The van der Waals surface area contributed by atoms with Gasteiger partial charge in [0.25, 0.3) is 5.91 Å². The van der Waals surface area contributed by atoms with E-state index in [9.17, 15) is 14.9 Å². The number of aromatic nitrogens is 2. The molecule has 2 aromatic rings. The molecule has 1 aliphatic rings. The number of ether oxygens (including phenoxy) is 1. The van der Waals surface area contributed by atoms with Crippen molar-refractivity contribution in [3.8, 4) is 0 Å². The van der Waals surface area contributed by atoms with Crippen molar-refractivity contribution in [1.29, 1.82) is 0 Å². The van der Waals surface area contributed by atoms with Crippen molar-refractivity contribution in [2.45, 2.75) is 0 Å². The molecule has 0 saturated carbocycles. The van der Waals surface area contributed by atoms with Crippen molar-refractivity contribution in [2.75, 3.05) is 36.5 Å². The highest BCUT2D eigenvalue weighted by Gasteiger charge is 2.18. The number of nitrogens with one attached hydrogen (secondary N) is 1. The fraction of sp³-hybridized carbons (Fsp3) is 0.308. The third-order valence-corrected chi connectivity index (χ3v) is 3.19. The van der Waals surface area contributed by atoms with Gasteiger partial charge in [-0.3, -0.25) is 14.9 Å². The van der Waals surface area contributed by atoms with Crippen LogP contribution in [-0.2, 0) is 4.74 Å². The molecule has 120 valence electrons. The molecule has 1 saturated heterocycles. The van der Waals surface area contributed by atoms with Gasteiger partial charge in [-0.05, 0) is 6.07 Å². The zero-order valence-electron chi connectivity index (χ0n) is 12.0. The molecule has 2 aromatic heterocycles. The van der Waals surface area contributed by atoms with E-state index in [0.717, 1.165) is 6.07 Å².